The van der Waals surface area contributed by atoms with Crippen LogP contribution >= 0.6 is 0 Å². The molecule has 0 aliphatic carbocycles. The smallest absolute Gasteiger partial charge is 0.302 e. The van der Waals surface area contributed by atoms with Crippen molar-refractivity contribution >= 4 is 23.3 Å². The first kappa shape index (κ1) is 14.1. The summed E-state index contributed by atoms with van der Waals surface area (Å²) in [6.45, 7) is 1.50. The second kappa shape index (κ2) is 5.85. The largest absolute Gasteiger partial charge is 0.462 e. The van der Waals surface area contributed by atoms with Crippen LogP contribution in [0.25, 0.3) is 5.70 Å². The zero-order valence-corrected chi connectivity index (χ0v) is 12.2. The van der Waals surface area contributed by atoms with Crippen molar-refractivity contribution in [1.82, 2.24) is 0 Å². The number of benzene rings is 2. The SMILES string of the molecule is CC(=O)OC/C=C1/c2ccccc2C(=O)N1c1ccccc1. The summed E-state index contributed by atoms with van der Waals surface area (Å²) in [5.41, 5.74) is 3.04. The summed E-state index contributed by atoms with van der Waals surface area (Å²) < 4.78 is 4.98. The van der Waals surface area contributed by atoms with Crippen LogP contribution in [0.1, 0.15) is 22.8 Å². The molecule has 1 amide bonds. The highest BCUT2D eigenvalue weighted by molar-refractivity contribution is 6.22. The van der Waals surface area contributed by atoms with Crippen LogP contribution in [0.15, 0.2) is 60.7 Å². The molecule has 4 heteroatoms. The highest BCUT2D eigenvalue weighted by atomic mass is 16.5. The summed E-state index contributed by atoms with van der Waals surface area (Å²) in [7, 11) is 0. The number of anilines is 1. The second-order valence-corrected chi connectivity index (χ2v) is 4.91. The minimum atomic E-state index is -0.347. The van der Waals surface area contributed by atoms with Gasteiger partial charge < -0.3 is 4.74 Å². The Bertz CT molecular complexity index is 750. The first-order valence-corrected chi connectivity index (χ1v) is 7.01. The van der Waals surface area contributed by atoms with Crippen LogP contribution < -0.4 is 4.90 Å². The van der Waals surface area contributed by atoms with Crippen LogP contribution in [-0.4, -0.2) is 18.5 Å². The van der Waals surface area contributed by atoms with Crippen molar-refractivity contribution in [2.24, 2.45) is 0 Å². The summed E-state index contributed by atoms with van der Waals surface area (Å²) in [6, 6.07) is 16.9. The number of carbonyl (C=O) groups excluding carboxylic acids is 2. The van der Waals surface area contributed by atoms with Gasteiger partial charge in [-0.3, -0.25) is 14.5 Å². The van der Waals surface area contributed by atoms with Gasteiger partial charge in [0.25, 0.3) is 5.91 Å². The van der Waals surface area contributed by atoms with Crippen molar-refractivity contribution < 1.29 is 14.3 Å². The summed E-state index contributed by atoms with van der Waals surface area (Å²) in [5, 5.41) is 0. The summed E-state index contributed by atoms with van der Waals surface area (Å²) in [6.07, 6.45) is 1.76. The molecule has 1 aliphatic heterocycles. The highest BCUT2D eigenvalue weighted by Crippen LogP contribution is 2.36. The average Bonchev–Trinajstić information content (AvgIpc) is 2.81. The van der Waals surface area contributed by atoms with Crippen LogP contribution in [-0.2, 0) is 9.53 Å². The Hall–Kier alpha value is -2.88. The van der Waals surface area contributed by atoms with Gasteiger partial charge in [0.2, 0.25) is 0 Å². The number of ether oxygens (including phenoxy) is 1. The van der Waals surface area contributed by atoms with Crippen LogP contribution in [0.4, 0.5) is 5.69 Å². The van der Waals surface area contributed by atoms with E-state index in [9.17, 15) is 9.59 Å². The van der Waals surface area contributed by atoms with Gasteiger partial charge in [0.15, 0.2) is 0 Å². The van der Waals surface area contributed by atoms with Gasteiger partial charge in [-0.2, -0.15) is 0 Å². The molecule has 22 heavy (non-hydrogen) atoms. The Kier molecular flexibility index (Phi) is 3.74. The number of amides is 1. The molecule has 2 aromatic rings. The molecule has 3 rings (SSSR count). The Morgan fingerprint density at radius 3 is 2.36 bits per heavy atom. The molecule has 2 aromatic carbocycles. The molecule has 4 nitrogen and oxygen atoms in total. The zero-order valence-electron chi connectivity index (χ0n) is 12.2. The minimum absolute atomic E-state index is 0.0733. The van der Waals surface area contributed by atoms with Crippen molar-refractivity contribution in [3.8, 4) is 0 Å². The van der Waals surface area contributed by atoms with E-state index in [2.05, 4.69) is 0 Å². The minimum Gasteiger partial charge on any atom is -0.462 e. The number of esters is 1. The molecule has 110 valence electrons. The Labute approximate surface area is 128 Å². The van der Waals surface area contributed by atoms with Gasteiger partial charge >= 0.3 is 5.97 Å². The Morgan fingerprint density at radius 1 is 1.05 bits per heavy atom. The first-order chi connectivity index (χ1) is 10.7. The van der Waals surface area contributed by atoms with Gasteiger partial charge in [-0.15, -0.1) is 0 Å². The monoisotopic (exact) mass is 293 g/mol. The lowest BCUT2D eigenvalue weighted by Crippen LogP contribution is -2.22. The molecule has 0 unspecified atom stereocenters. The molecule has 1 heterocycles. The predicted molar refractivity (Wildman–Crippen MR) is 84.3 cm³/mol. The van der Waals surface area contributed by atoms with Gasteiger partial charge in [0.1, 0.15) is 6.61 Å². The maximum absolute atomic E-state index is 12.7. The third-order valence-corrected chi connectivity index (χ3v) is 3.46. The van der Waals surface area contributed by atoms with Crippen LogP contribution in [0.3, 0.4) is 0 Å². The number of nitrogens with zero attached hydrogens (tertiary/aromatic N) is 1. The third-order valence-electron chi connectivity index (χ3n) is 3.46. The van der Waals surface area contributed by atoms with Crippen molar-refractivity contribution in [2.75, 3.05) is 11.5 Å². The highest BCUT2D eigenvalue weighted by Gasteiger charge is 2.32. The molecule has 0 bridgehead atoms. The summed E-state index contributed by atoms with van der Waals surface area (Å²) in [5.74, 6) is -0.420. The van der Waals surface area contributed by atoms with E-state index in [4.69, 9.17) is 4.74 Å². The fraction of sp³-hybridized carbons (Fsp3) is 0.111. The summed E-state index contributed by atoms with van der Waals surface area (Å²) in [4.78, 5) is 25.3. The van der Waals surface area contributed by atoms with E-state index in [-0.39, 0.29) is 18.5 Å². The van der Waals surface area contributed by atoms with Crippen LogP contribution in [0, 0.1) is 0 Å². The van der Waals surface area contributed by atoms with E-state index in [1.165, 1.54) is 6.92 Å². The van der Waals surface area contributed by atoms with E-state index in [1.807, 2.05) is 48.5 Å². The molecular weight excluding hydrogens is 278 g/mol. The number of carbonyl (C=O) groups is 2. The lowest BCUT2D eigenvalue weighted by atomic mass is 10.1. The van der Waals surface area contributed by atoms with Crippen molar-refractivity contribution in [2.45, 2.75) is 6.92 Å². The number of hydrogen-bond acceptors (Lipinski definition) is 3. The molecule has 0 aromatic heterocycles. The third kappa shape index (κ3) is 2.51. The van der Waals surface area contributed by atoms with Gasteiger partial charge in [-0.25, -0.2) is 0 Å². The molecule has 0 saturated carbocycles. The average molecular weight is 293 g/mol. The van der Waals surface area contributed by atoms with E-state index < -0.39 is 0 Å². The molecule has 0 saturated heterocycles. The Balaban J connectivity index is 2.04. The van der Waals surface area contributed by atoms with E-state index in [0.29, 0.717) is 5.56 Å². The van der Waals surface area contributed by atoms with Crippen LogP contribution in [0.5, 0.6) is 0 Å². The molecular formula is C18H15NO3. The molecule has 0 N–H and O–H groups in total. The number of rotatable bonds is 3. The van der Waals surface area contributed by atoms with Gasteiger partial charge in [-0.1, -0.05) is 36.4 Å². The quantitative estimate of drug-likeness (QED) is 0.816. The summed E-state index contributed by atoms with van der Waals surface area (Å²) >= 11 is 0. The molecule has 1 aliphatic rings. The molecule has 0 spiro atoms. The van der Waals surface area contributed by atoms with Crippen molar-refractivity contribution in [1.29, 1.82) is 0 Å². The second-order valence-electron chi connectivity index (χ2n) is 4.91. The maximum Gasteiger partial charge on any atom is 0.302 e. The van der Waals surface area contributed by atoms with Gasteiger partial charge in [0.05, 0.1) is 5.70 Å². The molecule has 0 atom stereocenters. The lowest BCUT2D eigenvalue weighted by Gasteiger charge is -2.18. The van der Waals surface area contributed by atoms with E-state index in [0.717, 1.165) is 16.9 Å². The van der Waals surface area contributed by atoms with Gasteiger partial charge in [0, 0.05) is 23.7 Å². The maximum atomic E-state index is 12.7. The van der Waals surface area contributed by atoms with Crippen molar-refractivity contribution in [3.05, 3.63) is 71.8 Å². The van der Waals surface area contributed by atoms with Crippen molar-refractivity contribution in [3.63, 3.8) is 0 Å². The van der Waals surface area contributed by atoms with Crippen LogP contribution in [0.2, 0.25) is 0 Å². The normalized spacial score (nSPS) is 15.0. The molecule has 0 fully saturated rings. The number of hydrogen-bond donors (Lipinski definition) is 0. The lowest BCUT2D eigenvalue weighted by molar-refractivity contribution is -0.139. The Morgan fingerprint density at radius 2 is 1.68 bits per heavy atom. The van der Waals surface area contributed by atoms with E-state index >= 15 is 0 Å². The molecule has 0 radical (unpaired) electrons. The topological polar surface area (TPSA) is 46.6 Å². The first-order valence-electron chi connectivity index (χ1n) is 7.01. The van der Waals surface area contributed by atoms with E-state index in [1.54, 1.807) is 17.0 Å². The fourth-order valence-electron chi connectivity index (χ4n) is 2.52. The predicted octanol–water partition coefficient (Wildman–Crippen LogP) is 3.25. The fourth-order valence-corrected chi connectivity index (χ4v) is 2.52. The number of fused-ring (bicyclic) bond motifs is 1. The zero-order chi connectivity index (χ0) is 15.5. The van der Waals surface area contributed by atoms with Gasteiger partial charge in [-0.05, 0) is 24.3 Å². The number of para-hydroxylation sites is 1. The standard InChI is InChI=1S/C18H15NO3/c1-13(20)22-12-11-17-15-9-5-6-10-16(15)18(21)19(17)14-7-3-2-4-8-14/h2-11H,12H2,1H3/b17-11-.